The second-order valence-corrected chi connectivity index (χ2v) is 7.68. The Balaban J connectivity index is 1.49. The lowest BCUT2D eigenvalue weighted by molar-refractivity contribution is -0.136. The topological polar surface area (TPSA) is 68.5 Å². The van der Waals surface area contributed by atoms with E-state index in [0.717, 1.165) is 11.5 Å². The number of aliphatic carboxylic acids is 1. The van der Waals surface area contributed by atoms with E-state index in [9.17, 15) is 18.4 Å². The van der Waals surface area contributed by atoms with E-state index in [1.807, 2.05) is 6.07 Å². The third kappa shape index (κ3) is 4.62. The SMILES string of the molecule is Cc1cc2c(CC(=O)O)cccc2n1C(=O)c1ccc(OCCc2cccc(F)c2F)cc1. The number of carboxylic acids is 1. The molecule has 0 unspecified atom stereocenters. The second-order valence-electron chi connectivity index (χ2n) is 7.68. The summed E-state index contributed by atoms with van der Waals surface area (Å²) < 4.78 is 34.2. The number of hydrogen-bond donors (Lipinski definition) is 1. The molecule has 4 rings (SSSR count). The van der Waals surface area contributed by atoms with Crippen LogP contribution in [0.5, 0.6) is 5.75 Å². The van der Waals surface area contributed by atoms with E-state index in [4.69, 9.17) is 9.84 Å². The highest BCUT2D eigenvalue weighted by Crippen LogP contribution is 2.25. The number of benzene rings is 3. The molecule has 0 spiro atoms. The molecule has 168 valence electrons. The molecule has 0 radical (unpaired) electrons. The Labute approximate surface area is 188 Å². The van der Waals surface area contributed by atoms with Gasteiger partial charge in [0, 0.05) is 23.1 Å². The van der Waals surface area contributed by atoms with Gasteiger partial charge in [0.1, 0.15) is 5.75 Å². The van der Waals surface area contributed by atoms with Crippen LogP contribution in [0.15, 0.2) is 66.7 Å². The van der Waals surface area contributed by atoms with E-state index < -0.39 is 17.6 Å². The fraction of sp³-hybridized carbons (Fsp3) is 0.154. The van der Waals surface area contributed by atoms with E-state index >= 15 is 0 Å². The number of aromatic nitrogens is 1. The lowest BCUT2D eigenvalue weighted by atomic mass is 10.1. The molecular formula is C26H21F2NO4. The largest absolute Gasteiger partial charge is 0.493 e. The van der Waals surface area contributed by atoms with Crippen LogP contribution in [0.4, 0.5) is 8.78 Å². The number of ether oxygens (including phenoxy) is 1. The zero-order valence-electron chi connectivity index (χ0n) is 17.8. The minimum Gasteiger partial charge on any atom is -0.493 e. The van der Waals surface area contributed by atoms with Crippen LogP contribution in [0.2, 0.25) is 0 Å². The van der Waals surface area contributed by atoms with Crippen LogP contribution >= 0.6 is 0 Å². The number of nitrogens with zero attached hydrogens (tertiary/aromatic N) is 1. The Bertz CT molecular complexity index is 1340. The monoisotopic (exact) mass is 449 g/mol. The second kappa shape index (κ2) is 9.24. The van der Waals surface area contributed by atoms with Crippen molar-refractivity contribution in [2.24, 2.45) is 0 Å². The van der Waals surface area contributed by atoms with Gasteiger partial charge in [-0.15, -0.1) is 0 Å². The van der Waals surface area contributed by atoms with Crippen LogP contribution in [-0.4, -0.2) is 28.2 Å². The van der Waals surface area contributed by atoms with Crippen molar-refractivity contribution in [1.82, 2.24) is 4.57 Å². The number of aryl methyl sites for hydroxylation is 1. The first-order valence-electron chi connectivity index (χ1n) is 10.4. The molecule has 0 aliphatic carbocycles. The predicted octanol–water partition coefficient (Wildman–Crippen LogP) is 5.17. The van der Waals surface area contributed by atoms with Crippen molar-refractivity contribution >= 4 is 22.8 Å². The molecule has 7 heteroatoms. The van der Waals surface area contributed by atoms with Gasteiger partial charge in [-0.25, -0.2) is 8.78 Å². The van der Waals surface area contributed by atoms with Crippen molar-refractivity contribution in [2.75, 3.05) is 6.61 Å². The summed E-state index contributed by atoms with van der Waals surface area (Å²) in [5, 5.41) is 9.88. The van der Waals surface area contributed by atoms with Crippen molar-refractivity contribution in [3.8, 4) is 5.75 Å². The zero-order chi connectivity index (χ0) is 23.5. The van der Waals surface area contributed by atoms with Crippen LogP contribution < -0.4 is 4.74 Å². The molecule has 33 heavy (non-hydrogen) atoms. The van der Waals surface area contributed by atoms with Gasteiger partial charge in [-0.05, 0) is 60.5 Å². The molecule has 3 aromatic carbocycles. The highest BCUT2D eigenvalue weighted by molar-refractivity contribution is 6.04. The molecule has 1 aromatic heterocycles. The van der Waals surface area contributed by atoms with E-state index in [1.54, 1.807) is 54.0 Å². The summed E-state index contributed by atoms with van der Waals surface area (Å²) in [7, 11) is 0. The van der Waals surface area contributed by atoms with E-state index in [-0.39, 0.29) is 30.9 Å². The van der Waals surface area contributed by atoms with E-state index in [0.29, 0.717) is 28.1 Å². The van der Waals surface area contributed by atoms with Crippen LogP contribution in [0, 0.1) is 18.6 Å². The molecule has 4 aromatic rings. The van der Waals surface area contributed by atoms with Gasteiger partial charge in [0.15, 0.2) is 11.6 Å². The van der Waals surface area contributed by atoms with E-state index in [2.05, 4.69) is 0 Å². The maximum atomic E-state index is 13.7. The first-order valence-corrected chi connectivity index (χ1v) is 10.4. The van der Waals surface area contributed by atoms with Crippen LogP contribution in [0.3, 0.4) is 0 Å². The van der Waals surface area contributed by atoms with Gasteiger partial charge in [-0.2, -0.15) is 0 Å². The van der Waals surface area contributed by atoms with Gasteiger partial charge in [0.2, 0.25) is 0 Å². The molecule has 5 nitrogen and oxygen atoms in total. The number of carbonyl (C=O) groups is 2. The smallest absolute Gasteiger partial charge is 0.307 e. The molecule has 0 bridgehead atoms. The Morgan fingerprint density at radius 3 is 2.39 bits per heavy atom. The highest BCUT2D eigenvalue weighted by atomic mass is 19.2. The Morgan fingerprint density at radius 2 is 1.67 bits per heavy atom. The number of hydrogen-bond acceptors (Lipinski definition) is 3. The fourth-order valence-corrected chi connectivity index (χ4v) is 3.85. The first-order chi connectivity index (χ1) is 15.8. The van der Waals surface area contributed by atoms with Crippen LogP contribution in [0.1, 0.15) is 27.2 Å². The minimum atomic E-state index is -0.935. The average molecular weight is 449 g/mol. The number of carbonyl (C=O) groups excluding carboxylic acids is 1. The molecule has 0 saturated carbocycles. The average Bonchev–Trinajstić information content (AvgIpc) is 3.13. The molecule has 0 fully saturated rings. The van der Waals surface area contributed by atoms with Crippen molar-refractivity contribution in [1.29, 1.82) is 0 Å². The van der Waals surface area contributed by atoms with Gasteiger partial charge < -0.3 is 9.84 Å². The summed E-state index contributed by atoms with van der Waals surface area (Å²) in [5.41, 5.74) is 2.66. The summed E-state index contributed by atoms with van der Waals surface area (Å²) in [5.74, 6) is -2.44. The maximum Gasteiger partial charge on any atom is 0.307 e. The first kappa shape index (κ1) is 22.2. The van der Waals surface area contributed by atoms with Gasteiger partial charge in [-0.1, -0.05) is 24.3 Å². The predicted molar refractivity (Wildman–Crippen MR) is 120 cm³/mol. The van der Waals surface area contributed by atoms with Crippen LogP contribution in [-0.2, 0) is 17.6 Å². The standard InChI is InChI=1S/C26H21F2NO4/c1-16-14-21-19(15-24(30)31)5-3-7-23(21)29(16)26(32)18-8-10-20(11-9-18)33-13-12-17-4-2-6-22(27)25(17)28/h2-11,14H,12-13,15H2,1H3,(H,30,31). The number of rotatable bonds is 7. The molecule has 1 heterocycles. The van der Waals surface area contributed by atoms with Crippen molar-refractivity contribution in [3.63, 3.8) is 0 Å². The molecular weight excluding hydrogens is 428 g/mol. The number of halogens is 2. The summed E-state index contributed by atoms with van der Waals surface area (Å²) in [6.45, 7) is 1.95. The van der Waals surface area contributed by atoms with Gasteiger partial charge in [-0.3, -0.25) is 14.2 Å². The number of fused-ring (bicyclic) bond motifs is 1. The third-order valence-corrected chi connectivity index (χ3v) is 5.44. The lowest BCUT2D eigenvalue weighted by Crippen LogP contribution is -2.13. The third-order valence-electron chi connectivity index (χ3n) is 5.44. The summed E-state index contributed by atoms with van der Waals surface area (Å²) in [4.78, 5) is 24.3. The Morgan fingerprint density at radius 1 is 0.970 bits per heavy atom. The van der Waals surface area contributed by atoms with Crippen molar-refractivity contribution in [2.45, 2.75) is 19.8 Å². The molecule has 0 aliphatic rings. The zero-order valence-corrected chi connectivity index (χ0v) is 17.8. The molecule has 0 aliphatic heterocycles. The summed E-state index contributed by atoms with van der Waals surface area (Å²) in [6.07, 6.45) is 0.0814. The highest BCUT2D eigenvalue weighted by Gasteiger charge is 2.17. The normalized spacial score (nSPS) is 11.0. The maximum absolute atomic E-state index is 13.7. The van der Waals surface area contributed by atoms with Crippen molar-refractivity contribution < 1.29 is 28.2 Å². The summed E-state index contributed by atoms with van der Waals surface area (Å²) in [6, 6.07) is 17.7. The summed E-state index contributed by atoms with van der Waals surface area (Å²) >= 11 is 0. The van der Waals surface area contributed by atoms with Gasteiger partial charge in [0.05, 0.1) is 18.5 Å². The Hall–Kier alpha value is -4.00. The quantitative estimate of drug-likeness (QED) is 0.423. The van der Waals surface area contributed by atoms with Crippen molar-refractivity contribution in [3.05, 3.63) is 101 Å². The molecule has 0 atom stereocenters. The number of carboxylic acid groups (broad SMARTS) is 1. The minimum absolute atomic E-state index is 0.124. The van der Waals surface area contributed by atoms with Crippen LogP contribution in [0.25, 0.3) is 10.9 Å². The van der Waals surface area contributed by atoms with E-state index in [1.165, 1.54) is 12.1 Å². The fourth-order valence-electron chi connectivity index (χ4n) is 3.85. The molecule has 0 saturated heterocycles. The van der Waals surface area contributed by atoms with Gasteiger partial charge >= 0.3 is 5.97 Å². The van der Waals surface area contributed by atoms with Gasteiger partial charge in [0.25, 0.3) is 5.91 Å². The Kier molecular flexibility index (Phi) is 6.22. The molecule has 0 amide bonds. The lowest BCUT2D eigenvalue weighted by Gasteiger charge is -2.10. The molecule has 1 N–H and O–H groups in total.